The highest BCUT2D eigenvalue weighted by molar-refractivity contribution is 6.35. The van der Waals surface area contributed by atoms with Crippen LogP contribution in [0.1, 0.15) is 34.1 Å². The van der Waals surface area contributed by atoms with Crippen molar-refractivity contribution in [1.29, 1.82) is 0 Å². The van der Waals surface area contributed by atoms with E-state index in [-0.39, 0.29) is 11.4 Å². The van der Waals surface area contributed by atoms with E-state index in [1.165, 1.54) is 4.90 Å². The molecule has 1 aliphatic heterocycles. The molecule has 0 aromatic heterocycles. The molecule has 120 valence electrons. The maximum atomic E-state index is 12.0. The van der Waals surface area contributed by atoms with Crippen LogP contribution in [0.15, 0.2) is 0 Å². The molecule has 1 atom stereocenters. The first kappa shape index (κ1) is 17.4. The number of carbonyl (C=O) groups excluding carboxylic acids is 3. The van der Waals surface area contributed by atoms with Gasteiger partial charge in [0.1, 0.15) is 6.04 Å². The number of nitrogens with zero attached hydrogens (tertiary/aromatic N) is 1. The molecule has 7 heteroatoms. The Bertz CT molecular complexity index is 396. The Morgan fingerprint density at radius 1 is 1.14 bits per heavy atom. The van der Waals surface area contributed by atoms with Gasteiger partial charge in [-0.1, -0.05) is 0 Å². The minimum Gasteiger partial charge on any atom is -0.350 e. The van der Waals surface area contributed by atoms with Gasteiger partial charge in [0.2, 0.25) is 5.91 Å². The summed E-state index contributed by atoms with van der Waals surface area (Å²) >= 11 is 0. The van der Waals surface area contributed by atoms with Gasteiger partial charge in [0.15, 0.2) is 0 Å². The maximum absolute atomic E-state index is 12.0. The van der Waals surface area contributed by atoms with Crippen LogP contribution in [-0.4, -0.2) is 60.4 Å². The first-order valence-corrected chi connectivity index (χ1v) is 7.33. The Hall–Kier alpha value is -1.63. The lowest BCUT2D eigenvalue weighted by molar-refractivity contribution is -0.146. The standard InChI is InChI=1S/C14H26N4O3/c1-10(11(19)17-14(2,3)4)16-12(20)13(21)18-8-5-6-15-7-9-18/h10,15H,5-9H2,1-4H3,(H,16,20)(H,17,19). The van der Waals surface area contributed by atoms with Crippen molar-refractivity contribution >= 4 is 17.7 Å². The number of hydrogen-bond donors (Lipinski definition) is 3. The monoisotopic (exact) mass is 298 g/mol. The van der Waals surface area contributed by atoms with Gasteiger partial charge >= 0.3 is 11.8 Å². The normalized spacial score (nSPS) is 17.6. The van der Waals surface area contributed by atoms with Crippen LogP contribution in [0.5, 0.6) is 0 Å². The zero-order chi connectivity index (χ0) is 16.0. The van der Waals surface area contributed by atoms with Crippen LogP contribution in [0.4, 0.5) is 0 Å². The smallest absolute Gasteiger partial charge is 0.311 e. The van der Waals surface area contributed by atoms with E-state index in [1.807, 2.05) is 20.8 Å². The summed E-state index contributed by atoms with van der Waals surface area (Å²) in [6.45, 7) is 9.72. The predicted octanol–water partition coefficient (Wildman–Crippen LogP) is -0.772. The van der Waals surface area contributed by atoms with Crippen molar-refractivity contribution in [2.45, 2.75) is 45.7 Å². The number of carbonyl (C=O) groups is 3. The molecule has 0 bridgehead atoms. The third kappa shape index (κ3) is 6.12. The second-order valence-corrected chi connectivity index (χ2v) is 6.33. The molecule has 21 heavy (non-hydrogen) atoms. The van der Waals surface area contributed by atoms with Crippen molar-refractivity contribution in [3.8, 4) is 0 Å². The molecule has 0 saturated carbocycles. The molecule has 1 heterocycles. The molecule has 1 unspecified atom stereocenters. The van der Waals surface area contributed by atoms with Gasteiger partial charge in [-0.3, -0.25) is 14.4 Å². The van der Waals surface area contributed by atoms with Gasteiger partial charge in [-0.2, -0.15) is 0 Å². The van der Waals surface area contributed by atoms with Crippen molar-refractivity contribution in [3.05, 3.63) is 0 Å². The summed E-state index contributed by atoms with van der Waals surface area (Å²) in [5.41, 5.74) is -0.378. The third-order valence-corrected chi connectivity index (χ3v) is 3.06. The van der Waals surface area contributed by atoms with Crippen LogP contribution in [0, 0.1) is 0 Å². The summed E-state index contributed by atoms with van der Waals surface area (Å²) in [7, 11) is 0. The Kier molecular flexibility index (Phi) is 6.14. The summed E-state index contributed by atoms with van der Waals surface area (Å²) < 4.78 is 0. The Balaban J connectivity index is 2.51. The first-order chi connectivity index (χ1) is 9.70. The Morgan fingerprint density at radius 3 is 2.43 bits per heavy atom. The quantitative estimate of drug-likeness (QED) is 0.584. The van der Waals surface area contributed by atoms with Crippen LogP contribution in [0.3, 0.4) is 0 Å². The van der Waals surface area contributed by atoms with Crippen LogP contribution in [0.25, 0.3) is 0 Å². The van der Waals surface area contributed by atoms with Gasteiger partial charge in [0.25, 0.3) is 0 Å². The topological polar surface area (TPSA) is 90.5 Å². The molecule has 0 radical (unpaired) electrons. The average Bonchev–Trinajstić information content (AvgIpc) is 2.64. The molecule has 1 saturated heterocycles. The second kappa shape index (κ2) is 7.40. The molecule has 3 N–H and O–H groups in total. The van der Waals surface area contributed by atoms with Crippen molar-refractivity contribution < 1.29 is 14.4 Å². The Morgan fingerprint density at radius 2 is 1.81 bits per heavy atom. The number of hydrogen-bond acceptors (Lipinski definition) is 4. The van der Waals surface area contributed by atoms with Gasteiger partial charge in [-0.15, -0.1) is 0 Å². The average molecular weight is 298 g/mol. The van der Waals surface area contributed by atoms with Crippen LogP contribution >= 0.6 is 0 Å². The van der Waals surface area contributed by atoms with Gasteiger partial charge in [-0.05, 0) is 40.7 Å². The number of rotatable bonds is 2. The predicted molar refractivity (Wildman–Crippen MR) is 79.6 cm³/mol. The lowest BCUT2D eigenvalue weighted by atomic mass is 10.1. The molecule has 0 aliphatic carbocycles. The van der Waals surface area contributed by atoms with Crippen molar-refractivity contribution in [3.63, 3.8) is 0 Å². The van der Waals surface area contributed by atoms with Crippen molar-refractivity contribution in [2.24, 2.45) is 0 Å². The molecule has 0 spiro atoms. The first-order valence-electron chi connectivity index (χ1n) is 7.33. The van der Waals surface area contributed by atoms with E-state index in [4.69, 9.17) is 0 Å². The highest BCUT2D eigenvalue weighted by atomic mass is 16.2. The van der Waals surface area contributed by atoms with Crippen LogP contribution in [0.2, 0.25) is 0 Å². The zero-order valence-electron chi connectivity index (χ0n) is 13.3. The van der Waals surface area contributed by atoms with Gasteiger partial charge in [0.05, 0.1) is 0 Å². The Labute approximate surface area is 125 Å². The van der Waals surface area contributed by atoms with Gasteiger partial charge in [-0.25, -0.2) is 0 Å². The molecule has 0 aromatic rings. The van der Waals surface area contributed by atoms with Gasteiger partial charge in [0, 0.05) is 25.2 Å². The molecule has 3 amide bonds. The minimum absolute atomic E-state index is 0.304. The highest BCUT2D eigenvalue weighted by Crippen LogP contribution is 2.00. The number of amides is 3. The van der Waals surface area contributed by atoms with E-state index in [0.717, 1.165) is 13.0 Å². The van der Waals surface area contributed by atoms with E-state index in [0.29, 0.717) is 19.6 Å². The van der Waals surface area contributed by atoms with E-state index in [2.05, 4.69) is 16.0 Å². The summed E-state index contributed by atoms with van der Waals surface area (Å²) in [5, 5.41) is 8.39. The van der Waals surface area contributed by atoms with Crippen molar-refractivity contribution in [2.75, 3.05) is 26.2 Å². The fourth-order valence-electron chi connectivity index (χ4n) is 1.99. The summed E-state index contributed by atoms with van der Waals surface area (Å²) in [6.07, 6.45) is 0.819. The third-order valence-electron chi connectivity index (χ3n) is 3.06. The maximum Gasteiger partial charge on any atom is 0.311 e. The van der Waals surface area contributed by atoms with Crippen molar-refractivity contribution in [1.82, 2.24) is 20.9 Å². The molecular formula is C14H26N4O3. The largest absolute Gasteiger partial charge is 0.350 e. The minimum atomic E-state index is -0.745. The van der Waals surface area contributed by atoms with Crippen LogP contribution in [-0.2, 0) is 14.4 Å². The molecule has 1 rings (SSSR count). The lowest BCUT2D eigenvalue weighted by Crippen LogP contribution is -2.54. The molecule has 1 fully saturated rings. The summed E-state index contributed by atoms with van der Waals surface area (Å²) in [4.78, 5) is 37.4. The molecule has 0 aromatic carbocycles. The van der Waals surface area contributed by atoms with Crippen LogP contribution < -0.4 is 16.0 Å². The molecular weight excluding hydrogens is 272 g/mol. The molecule has 1 aliphatic rings. The van der Waals surface area contributed by atoms with E-state index >= 15 is 0 Å². The van der Waals surface area contributed by atoms with Gasteiger partial charge < -0.3 is 20.9 Å². The summed E-state index contributed by atoms with van der Waals surface area (Å²) in [6, 6.07) is -0.745. The lowest BCUT2D eigenvalue weighted by Gasteiger charge is -2.24. The summed E-state index contributed by atoms with van der Waals surface area (Å²) in [5.74, 6) is -1.61. The van der Waals surface area contributed by atoms with E-state index < -0.39 is 17.9 Å². The zero-order valence-corrected chi connectivity index (χ0v) is 13.3. The fraction of sp³-hybridized carbons (Fsp3) is 0.786. The SMILES string of the molecule is CC(NC(=O)C(=O)N1CCCNCC1)C(=O)NC(C)(C)C. The number of nitrogens with one attached hydrogen (secondary N) is 3. The van der Waals surface area contributed by atoms with E-state index in [9.17, 15) is 14.4 Å². The molecule has 7 nitrogen and oxygen atoms in total. The fourth-order valence-corrected chi connectivity index (χ4v) is 1.99. The van der Waals surface area contributed by atoms with E-state index in [1.54, 1.807) is 6.92 Å². The highest BCUT2D eigenvalue weighted by Gasteiger charge is 2.26. The second-order valence-electron chi connectivity index (χ2n) is 6.33.